The number of likely N-dealkylation sites (tertiary alicyclic amines) is 1. The topological polar surface area (TPSA) is 33.2 Å². The zero-order valence-electron chi connectivity index (χ0n) is 17.1. The van der Waals surface area contributed by atoms with Crippen molar-refractivity contribution in [3.05, 3.63) is 66.9 Å². The van der Waals surface area contributed by atoms with E-state index in [0.717, 1.165) is 36.8 Å². The molecule has 1 aromatic heterocycles. The van der Waals surface area contributed by atoms with Crippen LogP contribution < -0.4 is 0 Å². The summed E-state index contributed by atoms with van der Waals surface area (Å²) < 4.78 is 0. The summed E-state index contributed by atoms with van der Waals surface area (Å²) in [6.45, 7) is 13.8. The van der Waals surface area contributed by atoms with Crippen molar-refractivity contribution < 1.29 is 4.79 Å². The fourth-order valence-electron chi connectivity index (χ4n) is 4.30. The van der Waals surface area contributed by atoms with Crippen LogP contribution in [0.3, 0.4) is 0 Å². The summed E-state index contributed by atoms with van der Waals surface area (Å²) in [6, 6.07) is 9.62. The number of piperidine rings is 1. The highest BCUT2D eigenvalue weighted by molar-refractivity contribution is 6.15. The van der Waals surface area contributed by atoms with Crippen LogP contribution in [0.4, 0.5) is 0 Å². The average Bonchev–Trinajstić information content (AvgIpc) is 2.73. The Morgan fingerprint density at radius 1 is 1.29 bits per heavy atom. The molecule has 2 heterocycles. The van der Waals surface area contributed by atoms with Crippen molar-refractivity contribution >= 4 is 16.7 Å². The van der Waals surface area contributed by atoms with Crippen molar-refractivity contribution in [2.75, 3.05) is 19.6 Å². The predicted molar refractivity (Wildman–Crippen MR) is 118 cm³/mol. The molecule has 1 saturated heterocycles. The maximum Gasteiger partial charge on any atom is 0.189 e. The van der Waals surface area contributed by atoms with Crippen molar-refractivity contribution in [3.63, 3.8) is 0 Å². The lowest BCUT2D eigenvalue weighted by Crippen LogP contribution is -2.40. The van der Waals surface area contributed by atoms with E-state index >= 15 is 0 Å². The van der Waals surface area contributed by atoms with Gasteiger partial charge < -0.3 is 4.90 Å². The molecule has 1 aliphatic rings. The molecule has 0 saturated carbocycles. The number of allylic oxidation sites excluding steroid dienone is 1. The fraction of sp³-hybridized carbons (Fsp3) is 0.440. The molecule has 3 heteroatoms. The quantitative estimate of drug-likeness (QED) is 0.244. The van der Waals surface area contributed by atoms with E-state index < -0.39 is 0 Å². The third-order valence-corrected chi connectivity index (χ3v) is 5.99. The highest BCUT2D eigenvalue weighted by Crippen LogP contribution is 2.31. The van der Waals surface area contributed by atoms with Gasteiger partial charge in [0, 0.05) is 23.7 Å². The van der Waals surface area contributed by atoms with Gasteiger partial charge >= 0.3 is 0 Å². The highest BCUT2D eigenvalue weighted by Gasteiger charge is 2.28. The molecule has 1 fully saturated rings. The van der Waals surface area contributed by atoms with E-state index in [2.05, 4.69) is 36.0 Å². The van der Waals surface area contributed by atoms with Gasteiger partial charge in [0.1, 0.15) is 0 Å². The molecule has 28 heavy (non-hydrogen) atoms. The third kappa shape index (κ3) is 4.77. The molecule has 3 nitrogen and oxygen atoms in total. The highest BCUT2D eigenvalue weighted by atomic mass is 16.1. The monoisotopic (exact) mass is 376 g/mol. The Balaban J connectivity index is 1.65. The van der Waals surface area contributed by atoms with Gasteiger partial charge in [-0.2, -0.15) is 0 Å². The van der Waals surface area contributed by atoms with Crippen molar-refractivity contribution in [3.8, 4) is 0 Å². The normalized spacial score (nSPS) is 20.2. The standard InChI is InChI=1S/C25H32N2O/c1-4-6-9-15-27-16-13-21(20(5-2)18-27)17-19(3)25(28)23-12-14-26-24-11-8-7-10-22(23)24/h5,7-8,10-12,14,20-21H,2-4,6,9,13,15-18H2,1H3/t20-,21-/m0/s1. The number of unbranched alkanes of at least 4 members (excludes halogenated alkanes) is 2. The van der Waals surface area contributed by atoms with Gasteiger partial charge in [-0.05, 0) is 61.9 Å². The number of pyridine rings is 1. The van der Waals surface area contributed by atoms with E-state index in [-0.39, 0.29) is 5.78 Å². The summed E-state index contributed by atoms with van der Waals surface area (Å²) in [4.78, 5) is 20.0. The lowest BCUT2D eigenvalue weighted by atomic mass is 9.80. The molecule has 3 rings (SSSR count). The van der Waals surface area contributed by atoms with E-state index in [4.69, 9.17) is 0 Å². The number of para-hydroxylation sites is 1. The molecule has 0 N–H and O–H groups in total. The van der Waals surface area contributed by atoms with E-state index in [1.807, 2.05) is 30.3 Å². The maximum atomic E-state index is 13.1. The van der Waals surface area contributed by atoms with Gasteiger partial charge in [-0.3, -0.25) is 9.78 Å². The SMILES string of the molecule is C=C[C@H]1CN(CCCCC)CC[C@H]1CC(=C)C(=O)c1ccnc2ccccc12. The molecular weight excluding hydrogens is 344 g/mol. The van der Waals surface area contributed by atoms with Crippen LogP contribution in [0.2, 0.25) is 0 Å². The van der Waals surface area contributed by atoms with Crippen LogP contribution in [0.25, 0.3) is 10.9 Å². The van der Waals surface area contributed by atoms with Crippen LogP contribution in [0.1, 0.15) is 49.4 Å². The first kappa shape index (κ1) is 20.5. The van der Waals surface area contributed by atoms with Crippen molar-refractivity contribution in [2.45, 2.75) is 39.0 Å². The number of rotatable bonds is 9. The number of nitrogens with zero attached hydrogens (tertiary/aromatic N) is 2. The second-order valence-corrected chi connectivity index (χ2v) is 7.97. The molecule has 148 valence electrons. The minimum absolute atomic E-state index is 0.0480. The molecule has 1 aliphatic heterocycles. The van der Waals surface area contributed by atoms with Crippen LogP contribution in [0, 0.1) is 11.8 Å². The number of benzene rings is 1. The summed E-state index contributed by atoms with van der Waals surface area (Å²) in [5.41, 5.74) is 2.26. The first-order valence-electron chi connectivity index (χ1n) is 10.5. The van der Waals surface area contributed by atoms with Crippen molar-refractivity contribution in [2.24, 2.45) is 11.8 Å². The molecule has 0 aliphatic carbocycles. The number of carbonyl (C=O) groups is 1. The minimum Gasteiger partial charge on any atom is -0.303 e. The number of hydrogen-bond acceptors (Lipinski definition) is 3. The van der Waals surface area contributed by atoms with Crippen LogP contribution in [-0.2, 0) is 0 Å². The maximum absolute atomic E-state index is 13.1. The number of Topliss-reactive ketones (excluding diaryl/α,β-unsaturated/α-hetero) is 1. The van der Waals surface area contributed by atoms with Gasteiger partial charge in [-0.25, -0.2) is 0 Å². The second-order valence-electron chi connectivity index (χ2n) is 7.97. The molecule has 0 radical (unpaired) electrons. The van der Waals surface area contributed by atoms with E-state index in [0.29, 0.717) is 23.0 Å². The van der Waals surface area contributed by atoms with Crippen LogP contribution in [0.15, 0.2) is 61.3 Å². The molecule has 2 aromatic rings. The summed E-state index contributed by atoms with van der Waals surface area (Å²) in [7, 11) is 0. The lowest BCUT2D eigenvalue weighted by Gasteiger charge is -2.37. The first-order valence-corrected chi connectivity index (χ1v) is 10.5. The Kier molecular flexibility index (Phi) is 7.16. The van der Waals surface area contributed by atoms with Gasteiger partial charge in [0.25, 0.3) is 0 Å². The first-order chi connectivity index (χ1) is 13.6. The second kappa shape index (κ2) is 9.79. The molecular formula is C25H32N2O. The van der Waals surface area contributed by atoms with Crippen LogP contribution in [-0.4, -0.2) is 35.3 Å². The van der Waals surface area contributed by atoms with Crippen LogP contribution in [0.5, 0.6) is 0 Å². The van der Waals surface area contributed by atoms with Gasteiger partial charge in [0.05, 0.1) is 5.52 Å². The lowest BCUT2D eigenvalue weighted by molar-refractivity contribution is 0.101. The number of hydrogen-bond donors (Lipinski definition) is 0. The zero-order valence-corrected chi connectivity index (χ0v) is 17.1. The smallest absolute Gasteiger partial charge is 0.189 e. The van der Waals surface area contributed by atoms with Crippen molar-refractivity contribution in [1.82, 2.24) is 9.88 Å². The number of fused-ring (bicyclic) bond motifs is 1. The molecule has 0 spiro atoms. The Hall–Kier alpha value is -2.26. The average molecular weight is 377 g/mol. The largest absolute Gasteiger partial charge is 0.303 e. The van der Waals surface area contributed by atoms with E-state index in [1.165, 1.54) is 25.8 Å². The van der Waals surface area contributed by atoms with Gasteiger partial charge in [-0.1, -0.05) is 50.6 Å². The van der Waals surface area contributed by atoms with E-state index in [1.54, 1.807) is 6.20 Å². The molecule has 0 bridgehead atoms. The Morgan fingerprint density at radius 2 is 2.11 bits per heavy atom. The van der Waals surface area contributed by atoms with Gasteiger partial charge in [0.2, 0.25) is 0 Å². The molecule has 2 atom stereocenters. The predicted octanol–water partition coefficient (Wildman–Crippen LogP) is 5.68. The Labute approximate surface area is 169 Å². The summed E-state index contributed by atoms with van der Waals surface area (Å²) in [6.07, 6.45) is 9.46. The third-order valence-electron chi connectivity index (χ3n) is 5.99. The number of ketones is 1. The molecule has 1 aromatic carbocycles. The zero-order chi connectivity index (χ0) is 19.9. The summed E-state index contributed by atoms with van der Waals surface area (Å²) >= 11 is 0. The van der Waals surface area contributed by atoms with Gasteiger partial charge in [-0.15, -0.1) is 6.58 Å². The summed E-state index contributed by atoms with van der Waals surface area (Å²) in [5, 5.41) is 0.905. The van der Waals surface area contributed by atoms with Crippen molar-refractivity contribution in [1.29, 1.82) is 0 Å². The molecule has 0 amide bonds. The Morgan fingerprint density at radius 3 is 2.89 bits per heavy atom. The number of carbonyl (C=O) groups excluding carboxylic acids is 1. The van der Waals surface area contributed by atoms with Gasteiger partial charge in [0.15, 0.2) is 5.78 Å². The Bertz CT molecular complexity index is 836. The summed E-state index contributed by atoms with van der Waals surface area (Å²) in [5.74, 6) is 0.922. The fourth-order valence-corrected chi connectivity index (χ4v) is 4.30. The van der Waals surface area contributed by atoms with E-state index in [9.17, 15) is 4.79 Å². The number of aromatic nitrogens is 1. The molecule has 0 unspecified atom stereocenters. The minimum atomic E-state index is 0.0480. The van der Waals surface area contributed by atoms with Crippen LogP contribution >= 0.6 is 0 Å².